The van der Waals surface area contributed by atoms with Crippen LogP contribution in [0.5, 0.6) is 0 Å². The van der Waals surface area contributed by atoms with E-state index in [-0.39, 0.29) is 4.90 Å². The van der Waals surface area contributed by atoms with Gasteiger partial charge in [-0.2, -0.15) is 0 Å². The van der Waals surface area contributed by atoms with E-state index in [2.05, 4.69) is 23.5 Å². The summed E-state index contributed by atoms with van der Waals surface area (Å²) in [5.74, 6) is 0. The minimum atomic E-state index is -3.51. The molecule has 0 unspecified atom stereocenters. The Hall–Kier alpha value is -1.11. The number of likely N-dealkylation sites (N-methyl/N-ethyl adjacent to an activating group) is 1. The van der Waals surface area contributed by atoms with Crippen LogP contribution in [0, 0.1) is 13.8 Å². The summed E-state index contributed by atoms with van der Waals surface area (Å²) in [5, 5.41) is 0. The maximum absolute atomic E-state index is 12.4. The predicted molar refractivity (Wildman–Crippen MR) is 87.9 cm³/mol. The fourth-order valence-corrected chi connectivity index (χ4v) is 3.67. The molecular weight excluding hydrogens is 286 g/mol. The number of nitrogens with two attached hydrogens (primary N) is 1. The molecule has 1 aromatic carbocycles. The molecule has 0 aliphatic heterocycles. The van der Waals surface area contributed by atoms with E-state index in [1.807, 2.05) is 6.92 Å². The highest BCUT2D eigenvalue weighted by Gasteiger charge is 2.18. The van der Waals surface area contributed by atoms with Crippen molar-refractivity contribution in [2.24, 2.45) is 0 Å². The van der Waals surface area contributed by atoms with E-state index in [0.29, 0.717) is 24.3 Å². The van der Waals surface area contributed by atoms with E-state index in [4.69, 9.17) is 5.73 Å². The van der Waals surface area contributed by atoms with E-state index in [0.717, 1.165) is 25.1 Å². The molecule has 0 fully saturated rings. The Morgan fingerprint density at radius 3 is 2.43 bits per heavy atom. The highest BCUT2D eigenvalue weighted by molar-refractivity contribution is 7.89. The molecule has 120 valence electrons. The Kier molecular flexibility index (Phi) is 6.64. The van der Waals surface area contributed by atoms with Crippen molar-refractivity contribution in [2.75, 3.05) is 31.9 Å². The molecule has 0 atom stereocenters. The lowest BCUT2D eigenvalue weighted by Gasteiger charge is -2.20. The number of benzene rings is 1. The number of sulfonamides is 1. The van der Waals surface area contributed by atoms with E-state index >= 15 is 0 Å². The van der Waals surface area contributed by atoms with Crippen LogP contribution in [0.4, 0.5) is 5.69 Å². The van der Waals surface area contributed by atoms with Crippen LogP contribution in [0.15, 0.2) is 17.0 Å². The molecule has 0 spiro atoms. The molecule has 0 aliphatic carbocycles. The second-order valence-electron chi connectivity index (χ2n) is 5.31. The van der Waals surface area contributed by atoms with E-state index in [1.54, 1.807) is 19.1 Å². The maximum atomic E-state index is 12.4. The second-order valence-corrected chi connectivity index (χ2v) is 7.04. The fraction of sp³-hybridized carbons (Fsp3) is 0.600. The van der Waals surface area contributed by atoms with Crippen molar-refractivity contribution in [3.63, 3.8) is 0 Å². The topological polar surface area (TPSA) is 75.4 Å². The van der Waals surface area contributed by atoms with Gasteiger partial charge >= 0.3 is 0 Å². The average Bonchev–Trinajstić information content (AvgIpc) is 2.41. The lowest BCUT2D eigenvalue weighted by atomic mass is 10.1. The van der Waals surface area contributed by atoms with Gasteiger partial charge in [-0.05, 0) is 56.6 Å². The Morgan fingerprint density at radius 2 is 1.86 bits per heavy atom. The van der Waals surface area contributed by atoms with Gasteiger partial charge in [-0.15, -0.1) is 0 Å². The van der Waals surface area contributed by atoms with Crippen LogP contribution in [-0.4, -0.2) is 39.5 Å². The third-order valence-electron chi connectivity index (χ3n) is 3.54. The van der Waals surface area contributed by atoms with Gasteiger partial charge in [0.05, 0.1) is 4.90 Å². The summed E-state index contributed by atoms with van der Waals surface area (Å²) in [6, 6.07) is 3.45. The summed E-state index contributed by atoms with van der Waals surface area (Å²) in [6.45, 7) is 10.8. The molecule has 0 saturated heterocycles. The zero-order chi connectivity index (χ0) is 16.0. The number of nitrogens with one attached hydrogen (secondary N) is 1. The lowest BCUT2D eigenvalue weighted by Crippen LogP contribution is -2.35. The summed E-state index contributed by atoms with van der Waals surface area (Å²) in [5.41, 5.74) is 7.82. The van der Waals surface area contributed by atoms with Crippen LogP contribution < -0.4 is 10.5 Å². The smallest absolute Gasteiger partial charge is 0.240 e. The zero-order valence-corrected chi connectivity index (χ0v) is 14.3. The van der Waals surface area contributed by atoms with Crippen LogP contribution in [0.3, 0.4) is 0 Å². The molecule has 0 amide bonds. The van der Waals surface area contributed by atoms with Gasteiger partial charge in [0.2, 0.25) is 10.0 Å². The van der Waals surface area contributed by atoms with Gasteiger partial charge < -0.3 is 10.6 Å². The molecule has 0 heterocycles. The summed E-state index contributed by atoms with van der Waals surface area (Å²) in [6.07, 6.45) is 1.06. The number of hydrogen-bond donors (Lipinski definition) is 2. The Balaban J connectivity index is 2.79. The van der Waals surface area contributed by atoms with Crippen LogP contribution in [0.25, 0.3) is 0 Å². The number of rotatable bonds is 8. The highest BCUT2D eigenvalue weighted by Crippen LogP contribution is 2.22. The lowest BCUT2D eigenvalue weighted by molar-refractivity contribution is 0.293. The SMILES string of the molecule is CCCN(CC)CCNS(=O)(=O)c1cc(C)cc(N)c1C. The molecule has 21 heavy (non-hydrogen) atoms. The van der Waals surface area contributed by atoms with Crippen molar-refractivity contribution in [2.45, 2.75) is 39.0 Å². The predicted octanol–water partition coefficient (Wildman–Crippen LogP) is 1.90. The number of nitrogen functional groups attached to an aromatic ring is 1. The van der Waals surface area contributed by atoms with Crippen molar-refractivity contribution < 1.29 is 8.42 Å². The first-order valence-electron chi connectivity index (χ1n) is 7.40. The summed E-state index contributed by atoms with van der Waals surface area (Å²) >= 11 is 0. The van der Waals surface area contributed by atoms with Crippen molar-refractivity contribution >= 4 is 15.7 Å². The average molecular weight is 313 g/mol. The molecule has 0 radical (unpaired) electrons. The second kappa shape index (κ2) is 7.77. The van der Waals surface area contributed by atoms with Gasteiger partial charge in [-0.25, -0.2) is 13.1 Å². The normalized spacial score (nSPS) is 12.0. The fourth-order valence-electron chi connectivity index (χ4n) is 2.29. The van der Waals surface area contributed by atoms with Gasteiger partial charge in [0.25, 0.3) is 0 Å². The van der Waals surface area contributed by atoms with Crippen molar-refractivity contribution in [1.82, 2.24) is 9.62 Å². The van der Waals surface area contributed by atoms with Crippen molar-refractivity contribution in [1.29, 1.82) is 0 Å². The number of aryl methyl sites for hydroxylation is 1. The third-order valence-corrected chi connectivity index (χ3v) is 5.13. The van der Waals surface area contributed by atoms with Crippen molar-refractivity contribution in [3.05, 3.63) is 23.3 Å². The number of nitrogens with zero attached hydrogens (tertiary/aromatic N) is 1. The largest absolute Gasteiger partial charge is 0.398 e. The quantitative estimate of drug-likeness (QED) is 0.719. The van der Waals surface area contributed by atoms with Crippen LogP contribution >= 0.6 is 0 Å². The van der Waals surface area contributed by atoms with Crippen LogP contribution in [0.1, 0.15) is 31.4 Å². The van der Waals surface area contributed by atoms with Gasteiger partial charge in [-0.3, -0.25) is 0 Å². The zero-order valence-electron chi connectivity index (χ0n) is 13.4. The van der Waals surface area contributed by atoms with Crippen molar-refractivity contribution in [3.8, 4) is 0 Å². The summed E-state index contributed by atoms with van der Waals surface area (Å²) in [7, 11) is -3.51. The van der Waals surface area contributed by atoms with Gasteiger partial charge in [-0.1, -0.05) is 13.8 Å². The minimum Gasteiger partial charge on any atom is -0.398 e. The molecule has 6 heteroatoms. The monoisotopic (exact) mass is 313 g/mol. The Labute approximate surface area is 128 Å². The third kappa shape index (κ3) is 4.98. The van der Waals surface area contributed by atoms with E-state index in [1.165, 1.54) is 0 Å². The molecule has 5 nitrogen and oxygen atoms in total. The van der Waals surface area contributed by atoms with Crippen LogP contribution in [0.2, 0.25) is 0 Å². The van der Waals surface area contributed by atoms with Gasteiger partial charge in [0.15, 0.2) is 0 Å². The van der Waals surface area contributed by atoms with E-state index < -0.39 is 10.0 Å². The van der Waals surface area contributed by atoms with Gasteiger partial charge in [0.1, 0.15) is 0 Å². The Morgan fingerprint density at radius 1 is 1.19 bits per heavy atom. The first kappa shape index (κ1) is 17.9. The standard InChI is InChI=1S/C15H27N3O2S/c1-5-8-18(6-2)9-7-17-21(19,20)15-11-12(3)10-14(16)13(15)4/h10-11,17H,5-9,16H2,1-4H3. The minimum absolute atomic E-state index is 0.276. The molecule has 3 N–H and O–H groups in total. The van der Waals surface area contributed by atoms with Gasteiger partial charge in [0, 0.05) is 18.8 Å². The maximum Gasteiger partial charge on any atom is 0.240 e. The molecule has 1 rings (SSSR count). The molecule has 0 aromatic heterocycles. The Bertz CT molecular complexity index is 571. The first-order chi connectivity index (χ1) is 9.81. The highest BCUT2D eigenvalue weighted by atomic mass is 32.2. The molecule has 0 saturated carbocycles. The number of anilines is 1. The molecule has 0 aliphatic rings. The molecule has 1 aromatic rings. The number of hydrogen-bond acceptors (Lipinski definition) is 4. The van der Waals surface area contributed by atoms with E-state index in [9.17, 15) is 8.42 Å². The summed E-state index contributed by atoms with van der Waals surface area (Å²) in [4.78, 5) is 2.50. The molecular formula is C15H27N3O2S. The first-order valence-corrected chi connectivity index (χ1v) is 8.88. The van der Waals surface area contributed by atoms with Crippen LogP contribution in [-0.2, 0) is 10.0 Å². The summed E-state index contributed by atoms with van der Waals surface area (Å²) < 4.78 is 27.5. The molecule has 0 bridgehead atoms.